The summed E-state index contributed by atoms with van der Waals surface area (Å²) >= 11 is 1.49. The molecular formula is C18H17FN2O2S. The molecule has 0 aliphatic carbocycles. The summed E-state index contributed by atoms with van der Waals surface area (Å²) in [5, 5.41) is 5.49. The first-order chi connectivity index (χ1) is 11.5. The molecule has 6 heteroatoms. The minimum Gasteiger partial charge on any atom is -0.326 e. The van der Waals surface area contributed by atoms with Gasteiger partial charge in [-0.15, -0.1) is 11.8 Å². The molecule has 1 unspecified atom stereocenters. The van der Waals surface area contributed by atoms with Crippen LogP contribution in [0.5, 0.6) is 0 Å². The Kier molecular flexibility index (Phi) is 4.85. The van der Waals surface area contributed by atoms with Gasteiger partial charge in [0.1, 0.15) is 5.82 Å². The van der Waals surface area contributed by atoms with Crippen molar-refractivity contribution in [1.82, 2.24) is 0 Å². The van der Waals surface area contributed by atoms with Gasteiger partial charge in [0, 0.05) is 17.0 Å². The van der Waals surface area contributed by atoms with Crippen molar-refractivity contribution < 1.29 is 14.0 Å². The van der Waals surface area contributed by atoms with Crippen LogP contribution < -0.4 is 10.6 Å². The Hall–Kier alpha value is -2.34. The number of anilines is 2. The maximum absolute atomic E-state index is 13.5. The van der Waals surface area contributed by atoms with E-state index in [9.17, 15) is 14.0 Å². The van der Waals surface area contributed by atoms with Gasteiger partial charge in [-0.1, -0.05) is 18.2 Å². The zero-order chi connectivity index (χ0) is 17.1. The Balaban J connectivity index is 1.62. The van der Waals surface area contributed by atoms with Gasteiger partial charge >= 0.3 is 0 Å². The van der Waals surface area contributed by atoms with Gasteiger partial charge in [-0.05, 0) is 43.2 Å². The van der Waals surface area contributed by atoms with Crippen LogP contribution in [0.25, 0.3) is 0 Å². The predicted molar refractivity (Wildman–Crippen MR) is 93.7 cm³/mol. The normalized spacial score (nSPS) is 16.2. The molecule has 1 heterocycles. The minimum atomic E-state index is -0.298. The van der Waals surface area contributed by atoms with E-state index in [2.05, 4.69) is 10.6 Å². The van der Waals surface area contributed by atoms with E-state index in [0.717, 1.165) is 4.90 Å². The van der Waals surface area contributed by atoms with Crippen LogP contribution in [-0.2, 0) is 16.0 Å². The third kappa shape index (κ3) is 3.76. The van der Waals surface area contributed by atoms with Crippen molar-refractivity contribution in [2.45, 2.75) is 29.9 Å². The molecule has 1 aliphatic heterocycles. The number of hydrogen-bond donors (Lipinski definition) is 2. The van der Waals surface area contributed by atoms with Crippen LogP contribution in [0.15, 0.2) is 47.4 Å². The number of hydrogen-bond acceptors (Lipinski definition) is 3. The monoisotopic (exact) mass is 344 g/mol. The SMILES string of the molecule is CC1Sc2ccc(NC(=O)CCc3ccccc3F)cc2NC1=O. The number of carbonyl (C=O) groups excluding carboxylic acids is 2. The molecule has 2 aromatic carbocycles. The average molecular weight is 344 g/mol. The molecule has 0 aromatic heterocycles. The standard InChI is InChI=1S/C18H17FN2O2S/c1-11-18(23)21-15-10-13(7-8-16(15)24-11)20-17(22)9-6-12-4-2-3-5-14(12)19/h2-5,7-8,10-11H,6,9H2,1H3,(H,20,22)(H,21,23). The highest BCUT2D eigenvalue weighted by Crippen LogP contribution is 2.36. The first kappa shape index (κ1) is 16.5. The van der Waals surface area contributed by atoms with E-state index in [0.29, 0.717) is 23.4 Å². The number of halogens is 1. The van der Waals surface area contributed by atoms with Crippen molar-refractivity contribution >= 4 is 35.0 Å². The lowest BCUT2D eigenvalue weighted by Gasteiger charge is -2.22. The second-order valence-corrected chi connectivity index (χ2v) is 6.98. The summed E-state index contributed by atoms with van der Waals surface area (Å²) in [6.45, 7) is 1.85. The Labute approximate surface area is 143 Å². The Morgan fingerprint density at radius 1 is 1.29 bits per heavy atom. The summed E-state index contributed by atoms with van der Waals surface area (Å²) in [4.78, 5) is 24.8. The third-order valence-electron chi connectivity index (χ3n) is 3.77. The molecule has 2 N–H and O–H groups in total. The molecule has 0 bridgehead atoms. The molecule has 0 radical (unpaired) electrons. The van der Waals surface area contributed by atoms with Crippen LogP contribution in [0.1, 0.15) is 18.9 Å². The van der Waals surface area contributed by atoms with Crippen molar-refractivity contribution in [3.63, 3.8) is 0 Å². The number of amides is 2. The first-order valence-corrected chi connectivity index (χ1v) is 8.56. The topological polar surface area (TPSA) is 58.2 Å². The lowest BCUT2D eigenvalue weighted by molar-refractivity contribution is -0.116. The van der Waals surface area contributed by atoms with E-state index < -0.39 is 0 Å². The van der Waals surface area contributed by atoms with Gasteiger partial charge in [0.15, 0.2) is 0 Å². The fraction of sp³-hybridized carbons (Fsp3) is 0.222. The van der Waals surface area contributed by atoms with Crippen LogP contribution in [0.4, 0.5) is 15.8 Å². The fourth-order valence-electron chi connectivity index (χ4n) is 2.46. The summed E-state index contributed by atoms with van der Waals surface area (Å²) in [7, 11) is 0. The number of aryl methyl sites for hydroxylation is 1. The summed E-state index contributed by atoms with van der Waals surface area (Å²) in [5.74, 6) is -0.537. The Bertz CT molecular complexity index is 794. The molecular weight excluding hydrogens is 327 g/mol. The Morgan fingerprint density at radius 3 is 2.88 bits per heavy atom. The van der Waals surface area contributed by atoms with E-state index in [4.69, 9.17) is 0 Å². The van der Waals surface area contributed by atoms with Crippen molar-refractivity contribution in [3.05, 3.63) is 53.8 Å². The molecule has 0 saturated carbocycles. The quantitative estimate of drug-likeness (QED) is 0.886. The number of fused-ring (bicyclic) bond motifs is 1. The van der Waals surface area contributed by atoms with Gasteiger partial charge < -0.3 is 10.6 Å². The zero-order valence-corrected chi connectivity index (χ0v) is 14.0. The van der Waals surface area contributed by atoms with Crippen LogP contribution in [0, 0.1) is 5.82 Å². The van der Waals surface area contributed by atoms with Crippen LogP contribution in [-0.4, -0.2) is 17.1 Å². The van der Waals surface area contributed by atoms with Crippen LogP contribution >= 0.6 is 11.8 Å². The van der Waals surface area contributed by atoms with E-state index in [1.54, 1.807) is 30.3 Å². The van der Waals surface area contributed by atoms with Crippen LogP contribution in [0.2, 0.25) is 0 Å². The molecule has 1 atom stereocenters. The van der Waals surface area contributed by atoms with E-state index in [-0.39, 0.29) is 29.3 Å². The molecule has 124 valence electrons. The summed E-state index contributed by atoms with van der Waals surface area (Å²) in [6, 6.07) is 11.9. The van der Waals surface area contributed by atoms with Gasteiger partial charge in [0.25, 0.3) is 0 Å². The third-order valence-corrected chi connectivity index (χ3v) is 4.95. The van der Waals surface area contributed by atoms with Crippen molar-refractivity contribution in [2.24, 2.45) is 0 Å². The molecule has 0 saturated heterocycles. The zero-order valence-electron chi connectivity index (χ0n) is 13.1. The van der Waals surface area contributed by atoms with E-state index >= 15 is 0 Å². The van der Waals surface area contributed by atoms with Gasteiger partial charge in [-0.25, -0.2) is 4.39 Å². The maximum atomic E-state index is 13.5. The maximum Gasteiger partial charge on any atom is 0.237 e. The minimum absolute atomic E-state index is 0.0458. The number of carbonyl (C=O) groups is 2. The largest absolute Gasteiger partial charge is 0.326 e. The highest BCUT2D eigenvalue weighted by atomic mass is 32.2. The molecule has 1 aliphatic rings. The van der Waals surface area contributed by atoms with Gasteiger partial charge in [0.05, 0.1) is 10.9 Å². The second-order valence-electron chi connectivity index (χ2n) is 5.60. The smallest absolute Gasteiger partial charge is 0.237 e. The van der Waals surface area contributed by atoms with Gasteiger partial charge in [-0.2, -0.15) is 0 Å². The van der Waals surface area contributed by atoms with Crippen molar-refractivity contribution in [1.29, 1.82) is 0 Å². The fourth-order valence-corrected chi connectivity index (χ4v) is 3.39. The average Bonchev–Trinajstić information content (AvgIpc) is 2.55. The summed E-state index contributed by atoms with van der Waals surface area (Å²) in [5.41, 5.74) is 1.84. The highest BCUT2D eigenvalue weighted by Gasteiger charge is 2.23. The molecule has 24 heavy (non-hydrogen) atoms. The second kappa shape index (κ2) is 7.05. The predicted octanol–water partition coefficient (Wildman–Crippen LogP) is 3.83. The van der Waals surface area contributed by atoms with Gasteiger partial charge in [-0.3, -0.25) is 9.59 Å². The van der Waals surface area contributed by atoms with E-state index in [1.165, 1.54) is 17.8 Å². The number of rotatable bonds is 4. The van der Waals surface area contributed by atoms with Gasteiger partial charge in [0.2, 0.25) is 11.8 Å². The number of benzene rings is 2. The molecule has 2 amide bonds. The molecule has 4 nitrogen and oxygen atoms in total. The number of nitrogens with one attached hydrogen (secondary N) is 2. The Morgan fingerprint density at radius 2 is 2.08 bits per heavy atom. The molecule has 3 rings (SSSR count). The van der Waals surface area contributed by atoms with Crippen molar-refractivity contribution in [2.75, 3.05) is 10.6 Å². The molecule has 0 fully saturated rings. The molecule has 0 spiro atoms. The highest BCUT2D eigenvalue weighted by molar-refractivity contribution is 8.00. The lowest BCUT2D eigenvalue weighted by Crippen LogP contribution is -2.26. The number of thioether (sulfide) groups is 1. The lowest BCUT2D eigenvalue weighted by atomic mass is 10.1. The van der Waals surface area contributed by atoms with Crippen molar-refractivity contribution in [3.8, 4) is 0 Å². The molecule has 2 aromatic rings. The van der Waals surface area contributed by atoms with Crippen LogP contribution in [0.3, 0.4) is 0 Å². The summed E-state index contributed by atoms with van der Waals surface area (Å²) in [6.07, 6.45) is 0.531. The summed E-state index contributed by atoms with van der Waals surface area (Å²) < 4.78 is 13.5. The van der Waals surface area contributed by atoms with E-state index in [1.807, 2.05) is 13.0 Å². The first-order valence-electron chi connectivity index (χ1n) is 7.68.